The third-order valence-electron chi connectivity index (χ3n) is 4.00. The lowest BCUT2D eigenvalue weighted by Gasteiger charge is -1.98. The molecule has 1 heterocycles. The Hall–Kier alpha value is -1.16. The van der Waals surface area contributed by atoms with Crippen LogP contribution in [0.2, 0.25) is 0 Å². The van der Waals surface area contributed by atoms with Crippen molar-refractivity contribution in [3.05, 3.63) is 12.2 Å². The van der Waals surface area contributed by atoms with E-state index in [9.17, 15) is 9.59 Å². The smallest absolute Gasteiger partial charge is 0.303 e. The van der Waals surface area contributed by atoms with Gasteiger partial charge in [-0.25, -0.2) is 0 Å². The number of aliphatic carboxylic acids is 1. The Kier molecular flexibility index (Phi) is 9.80. The van der Waals surface area contributed by atoms with Crippen molar-refractivity contribution < 1.29 is 19.4 Å². The first-order valence-electron chi connectivity index (χ1n) is 8.71. The van der Waals surface area contributed by atoms with Gasteiger partial charge >= 0.3 is 5.97 Å². The minimum Gasteiger partial charge on any atom is -0.481 e. The molecule has 0 radical (unpaired) electrons. The van der Waals surface area contributed by atoms with E-state index in [-0.39, 0.29) is 18.3 Å². The first-order chi connectivity index (χ1) is 10.6. The Morgan fingerprint density at radius 3 is 2.36 bits per heavy atom. The zero-order valence-corrected chi connectivity index (χ0v) is 13.8. The first kappa shape index (κ1) is 18.9. The van der Waals surface area contributed by atoms with Crippen LogP contribution < -0.4 is 0 Å². The van der Waals surface area contributed by atoms with Crippen molar-refractivity contribution in [1.82, 2.24) is 0 Å². The topological polar surface area (TPSA) is 66.9 Å². The predicted octanol–water partition coefficient (Wildman–Crippen LogP) is 4.27. The van der Waals surface area contributed by atoms with E-state index < -0.39 is 5.97 Å². The lowest BCUT2D eigenvalue weighted by molar-refractivity contribution is -0.137. The van der Waals surface area contributed by atoms with E-state index in [1.54, 1.807) is 6.08 Å². The molecule has 0 saturated carbocycles. The molecule has 1 aliphatic rings. The molecule has 0 spiro atoms. The van der Waals surface area contributed by atoms with Crippen molar-refractivity contribution >= 4 is 11.8 Å². The lowest BCUT2D eigenvalue weighted by Crippen LogP contribution is -1.96. The number of rotatable bonds is 14. The number of carbonyl (C=O) groups is 2. The third-order valence-corrected chi connectivity index (χ3v) is 4.00. The van der Waals surface area contributed by atoms with Crippen LogP contribution in [0.4, 0.5) is 0 Å². The molecule has 2 atom stereocenters. The summed E-state index contributed by atoms with van der Waals surface area (Å²) in [5.41, 5.74) is 0. The monoisotopic (exact) mass is 310 g/mol. The number of ether oxygens (including phenoxy) is 1. The van der Waals surface area contributed by atoms with E-state index >= 15 is 0 Å². The molecule has 22 heavy (non-hydrogen) atoms. The number of allylic oxidation sites excluding steroid dienone is 1. The molecule has 0 aliphatic carbocycles. The summed E-state index contributed by atoms with van der Waals surface area (Å²) in [6.07, 6.45) is 14.3. The summed E-state index contributed by atoms with van der Waals surface area (Å²) in [6, 6.07) is 0. The van der Waals surface area contributed by atoms with Gasteiger partial charge in [-0.3, -0.25) is 9.59 Å². The normalized spacial score (nSPS) is 20.4. The number of carboxylic acids is 1. The number of carbonyl (C=O) groups excluding carboxylic acids is 1. The number of epoxide rings is 1. The molecular formula is C18H30O4. The third kappa shape index (κ3) is 9.72. The second kappa shape index (κ2) is 11.4. The fourth-order valence-electron chi connectivity index (χ4n) is 2.54. The van der Waals surface area contributed by atoms with Gasteiger partial charge in [0.25, 0.3) is 0 Å². The Labute approximate surface area is 133 Å². The molecule has 1 fully saturated rings. The molecule has 0 aromatic heterocycles. The van der Waals surface area contributed by atoms with E-state index in [1.165, 1.54) is 19.3 Å². The van der Waals surface area contributed by atoms with Crippen molar-refractivity contribution in [1.29, 1.82) is 0 Å². The summed E-state index contributed by atoms with van der Waals surface area (Å²) in [5, 5.41) is 8.51. The average Bonchev–Trinajstić information content (AvgIpc) is 3.22. The van der Waals surface area contributed by atoms with Crippen LogP contribution in [0.3, 0.4) is 0 Å². The maximum Gasteiger partial charge on any atom is 0.303 e. The molecule has 0 bridgehead atoms. The fourth-order valence-corrected chi connectivity index (χ4v) is 2.54. The number of ketones is 1. The Morgan fingerprint density at radius 1 is 1.00 bits per heavy atom. The van der Waals surface area contributed by atoms with Crippen LogP contribution in [0.5, 0.6) is 0 Å². The van der Waals surface area contributed by atoms with Gasteiger partial charge in [0.1, 0.15) is 6.10 Å². The van der Waals surface area contributed by atoms with Crippen molar-refractivity contribution in [2.75, 3.05) is 0 Å². The second-order valence-corrected chi connectivity index (χ2v) is 6.12. The summed E-state index contributed by atoms with van der Waals surface area (Å²) < 4.78 is 5.52. The molecule has 0 aromatic rings. The molecule has 126 valence electrons. The van der Waals surface area contributed by atoms with Crippen LogP contribution in [0, 0.1) is 0 Å². The highest BCUT2D eigenvalue weighted by atomic mass is 16.6. The minimum absolute atomic E-state index is 0.164. The van der Waals surface area contributed by atoms with E-state index in [0.29, 0.717) is 12.5 Å². The summed E-state index contributed by atoms with van der Waals surface area (Å²) in [6.45, 7) is 2.19. The fraction of sp³-hybridized carbons (Fsp3) is 0.778. The van der Waals surface area contributed by atoms with E-state index in [4.69, 9.17) is 9.84 Å². The first-order valence-corrected chi connectivity index (χ1v) is 8.71. The molecular weight excluding hydrogens is 280 g/mol. The molecule has 1 N–H and O–H groups in total. The van der Waals surface area contributed by atoms with Crippen molar-refractivity contribution in [2.45, 2.75) is 89.8 Å². The van der Waals surface area contributed by atoms with Gasteiger partial charge in [-0.15, -0.1) is 0 Å². The van der Waals surface area contributed by atoms with Gasteiger partial charge in [0, 0.05) is 12.8 Å². The van der Waals surface area contributed by atoms with Crippen LogP contribution in [-0.2, 0) is 14.3 Å². The van der Waals surface area contributed by atoms with Gasteiger partial charge in [0.15, 0.2) is 5.78 Å². The Balaban J connectivity index is 1.93. The van der Waals surface area contributed by atoms with Gasteiger partial charge < -0.3 is 9.84 Å². The van der Waals surface area contributed by atoms with Gasteiger partial charge in [-0.05, 0) is 31.4 Å². The molecule has 1 aliphatic heterocycles. The van der Waals surface area contributed by atoms with E-state index in [2.05, 4.69) is 6.92 Å². The highest BCUT2D eigenvalue weighted by Crippen LogP contribution is 2.28. The Morgan fingerprint density at radius 2 is 1.68 bits per heavy atom. The maximum absolute atomic E-state index is 11.7. The number of unbranched alkanes of at least 4 members (excludes halogenated alkanes) is 6. The molecule has 1 saturated heterocycles. The Bertz CT molecular complexity index is 362. The van der Waals surface area contributed by atoms with Crippen LogP contribution in [0.15, 0.2) is 12.2 Å². The van der Waals surface area contributed by atoms with Crippen LogP contribution in [-0.4, -0.2) is 29.1 Å². The van der Waals surface area contributed by atoms with Crippen molar-refractivity contribution in [3.8, 4) is 0 Å². The zero-order chi connectivity index (χ0) is 16.2. The molecule has 4 heteroatoms. The number of carboxylic acid groups (broad SMARTS) is 1. The minimum atomic E-state index is -0.726. The number of hydrogen-bond donors (Lipinski definition) is 1. The summed E-state index contributed by atoms with van der Waals surface area (Å²) in [4.78, 5) is 22.0. The summed E-state index contributed by atoms with van der Waals surface area (Å²) in [7, 11) is 0. The predicted molar refractivity (Wildman–Crippen MR) is 86.9 cm³/mol. The molecule has 0 unspecified atom stereocenters. The average molecular weight is 310 g/mol. The van der Waals surface area contributed by atoms with E-state index in [1.807, 2.05) is 6.08 Å². The molecule has 4 nitrogen and oxygen atoms in total. The van der Waals surface area contributed by atoms with Gasteiger partial charge in [0.05, 0.1) is 6.10 Å². The quantitative estimate of drug-likeness (QED) is 0.295. The summed E-state index contributed by atoms with van der Waals surface area (Å²) >= 11 is 0. The summed E-state index contributed by atoms with van der Waals surface area (Å²) in [5.74, 6) is -0.552. The molecule has 1 rings (SSSR count). The largest absolute Gasteiger partial charge is 0.481 e. The number of hydrogen-bond acceptors (Lipinski definition) is 3. The standard InChI is InChI=1S/C18H30O4/c1-2-3-7-11-16-17(22-16)14-13-15(19)10-8-5-4-6-9-12-18(20)21/h13-14,16-17H,2-12H2,1H3,(H,20,21)/b14-13+/t16-,17+/m1/s1. The van der Waals surface area contributed by atoms with Gasteiger partial charge in [0.2, 0.25) is 0 Å². The second-order valence-electron chi connectivity index (χ2n) is 6.12. The van der Waals surface area contributed by atoms with Crippen LogP contribution in [0.25, 0.3) is 0 Å². The van der Waals surface area contributed by atoms with Gasteiger partial charge in [-0.1, -0.05) is 45.4 Å². The highest BCUT2D eigenvalue weighted by Gasteiger charge is 2.35. The molecule has 0 amide bonds. The van der Waals surface area contributed by atoms with E-state index in [0.717, 1.165) is 38.5 Å². The lowest BCUT2D eigenvalue weighted by atomic mass is 10.1. The zero-order valence-electron chi connectivity index (χ0n) is 13.8. The maximum atomic E-state index is 11.7. The van der Waals surface area contributed by atoms with Crippen LogP contribution >= 0.6 is 0 Å². The molecule has 0 aromatic carbocycles. The van der Waals surface area contributed by atoms with Gasteiger partial charge in [-0.2, -0.15) is 0 Å². The van der Waals surface area contributed by atoms with Crippen LogP contribution in [0.1, 0.15) is 77.6 Å². The highest BCUT2D eigenvalue weighted by molar-refractivity contribution is 5.89. The SMILES string of the molecule is CCCCC[C@H]1O[C@H]1/C=C/C(=O)CCCCCCCC(=O)O. The van der Waals surface area contributed by atoms with Crippen molar-refractivity contribution in [3.63, 3.8) is 0 Å². The van der Waals surface area contributed by atoms with Crippen molar-refractivity contribution in [2.24, 2.45) is 0 Å².